The first-order chi connectivity index (χ1) is 23.1. The standard InChI is InChI=1S/C37H46N4O6S.CH4/c1-40(32-12-6-3-7-13-32)48(46,47)34-14-8-11-31(25-34)39-37(45)41(33-21-19-29(20-22-33)28-9-4-2-5-10-28)26-27-15-17-30(18-16-27)36(44)38-24-23-35(42)43;/h3,6-8,11-18,25,28-29,33H,2,4-5,9-10,19-24,26H2,1H3,(H,38,44)(H,39,45)(H,42,43);1H4. The second-order valence-electron chi connectivity index (χ2n) is 13.0. The topological polar surface area (TPSA) is 136 Å². The molecule has 3 aromatic rings. The van der Waals surface area contributed by atoms with Gasteiger partial charge in [-0.05, 0) is 85.5 Å². The molecule has 0 aliphatic heterocycles. The minimum absolute atomic E-state index is 0. The maximum absolute atomic E-state index is 14.0. The van der Waals surface area contributed by atoms with Crippen LogP contribution in [0, 0.1) is 11.8 Å². The van der Waals surface area contributed by atoms with Crippen molar-refractivity contribution in [2.45, 2.75) is 89.1 Å². The second-order valence-corrected chi connectivity index (χ2v) is 14.9. The monoisotopic (exact) mass is 690 g/mol. The molecule has 11 heteroatoms. The first-order valence-electron chi connectivity index (χ1n) is 16.9. The second kappa shape index (κ2) is 17.3. The van der Waals surface area contributed by atoms with Crippen molar-refractivity contribution in [1.29, 1.82) is 0 Å². The molecule has 2 aliphatic carbocycles. The molecule has 0 saturated heterocycles. The number of carbonyl (C=O) groups is 3. The third-order valence-corrected chi connectivity index (χ3v) is 11.6. The minimum Gasteiger partial charge on any atom is -0.481 e. The summed E-state index contributed by atoms with van der Waals surface area (Å²) < 4.78 is 28.2. The highest BCUT2D eigenvalue weighted by molar-refractivity contribution is 7.92. The van der Waals surface area contributed by atoms with E-state index in [0.717, 1.165) is 37.2 Å². The van der Waals surface area contributed by atoms with Gasteiger partial charge in [-0.2, -0.15) is 0 Å². The van der Waals surface area contributed by atoms with Gasteiger partial charge in [0.2, 0.25) is 0 Å². The van der Waals surface area contributed by atoms with Crippen molar-refractivity contribution in [1.82, 2.24) is 10.2 Å². The van der Waals surface area contributed by atoms with Crippen LogP contribution >= 0.6 is 0 Å². The van der Waals surface area contributed by atoms with Crippen LogP contribution in [0.4, 0.5) is 16.2 Å². The maximum Gasteiger partial charge on any atom is 0.322 e. The number of hydrogen-bond donors (Lipinski definition) is 3. The summed E-state index contributed by atoms with van der Waals surface area (Å²) in [5.41, 5.74) is 2.18. The van der Waals surface area contributed by atoms with Crippen molar-refractivity contribution in [2.24, 2.45) is 11.8 Å². The van der Waals surface area contributed by atoms with Crippen LogP contribution in [0.2, 0.25) is 0 Å². The lowest BCUT2D eigenvalue weighted by molar-refractivity contribution is -0.136. The van der Waals surface area contributed by atoms with Gasteiger partial charge in [0, 0.05) is 37.4 Å². The van der Waals surface area contributed by atoms with Crippen molar-refractivity contribution < 1.29 is 27.9 Å². The van der Waals surface area contributed by atoms with E-state index in [1.165, 1.54) is 55.6 Å². The van der Waals surface area contributed by atoms with E-state index in [1.807, 2.05) is 23.1 Å². The fourth-order valence-electron chi connectivity index (χ4n) is 7.06. The zero-order valence-corrected chi connectivity index (χ0v) is 28.3. The predicted octanol–water partition coefficient (Wildman–Crippen LogP) is 7.53. The first-order valence-corrected chi connectivity index (χ1v) is 18.4. The van der Waals surface area contributed by atoms with Gasteiger partial charge in [-0.25, -0.2) is 13.2 Å². The summed E-state index contributed by atoms with van der Waals surface area (Å²) in [6.45, 7) is 0.360. The molecule has 0 bridgehead atoms. The van der Waals surface area contributed by atoms with E-state index in [9.17, 15) is 22.8 Å². The Bertz CT molecular complexity index is 1650. The number of rotatable bonds is 12. The molecule has 0 atom stereocenters. The fourth-order valence-corrected chi connectivity index (χ4v) is 8.31. The van der Waals surface area contributed by atoms with Gasteiger partial charge in [0.1, 0.15) is 0 Å². The Balaban J connectivity index is 0.00000541. The summed E-state index contributed by atoms with van der Waals surface area (Å²) >= 11 is 0. The van der Waals surface area contributed by atoms with Crippen LogP contribution in [-0.4, -0.2) is 56.0 Å². The summed E-state index contributed by atoms with van der Waals surface area (Å²) in [5.74, 6) is 0.125. The zero-order chi connectivity index (χ0) is 34.1. The van der Waals surface area contributed by atoms with Crippen molar-refractivity contribution in [3.8, 4) is 0 Å². The molecular weight excluding hydrogens is 641 g/mol. The average Bonchev–Trinajstić information content (AvgIpc) is 3.11. The minimum atomic E-state index is -3.87. The van der Waals surface area contributed by atoms with E-state index >= 15 is 0 Å². The van der Waals surface area contributed by atoms with Gasteiger partial charge in [0.15, 0.2) is 0 Å². The molecule has 264 valence electrons. The zero-order valence-electron chi connectivity index (χ0n) is 27.5. The third-order valence-electron chi connectivity index (χ3n) is 9.82. The van der Waals surface area contributed by atoms with Gasteiger partial charge in [0.25, 0.3) is 15.9 Å². The largest absolute Gasteiger partial charge is 0.481 e. The number of urea groups is 1. The maximum atomic E-state index is 14.0. The van der Waals surface area contributed by atoms with E-state index < -0.39 is 16.0 Å². The van der Waals surface area contributed by atoms with E-state index in [-0.39, 0.29) is 43.3 Å². The SMILES string of the molecule is C.CN(c1ccccc1)S(=O)(=O)c1cccc(NC(=O)N(Cc2ccc(C(=O)NCCC(=O)O)cc2)C2CCC(C3CCCCC3)CC2)c1. The van der Waals surface area contributed by atoms with Gasteiger partial charge in [0.05, 0.1) is 17.0 Å². The number of nitrogens with zero attached hydrogens (tertiary/aromatic N) is 2. The lowest BCUT2D eigenvalue weighted by Gasteiger charge is -2.40. The summed E-state index contributed by atoms with van der Waals surface area (Å²) in [7, 11) is -2.37. The van der Waals surface area contributed by atoms with Crippen molar-refractivity contribution in [2.75, 3.05) is 23.2 Å². The Hall–Kier alpha value is -4.38. The number of para-hydroxylation sites is 1. The third kappa shape index (κ3) is 9.84. The lowest BCUT2D eigenvalue weighted by Crippen LogP contribution is -2.44. The van der Waals surface area contributed by atoms with E-state index in [4.69, 9.17) is 5.11 Å². The highest BCUT2D eigenvalue weighted by Gasteiger charge is 2.33. The lowest BCUT2D eigenvalue weighted by atomic mass is 9.72. The summed E-state index contributed by atoms with van der Waals surface area (Å²) in [5, 5.41) is 14.4. The highest BCUT2D eigenvalue weighted by Crippen LogP contribution is 2.39. The van der Waals surface area contributed by atoms with Crippen LogP contribution < -0.4 is 14.9 Å². The molecule has 0 radical (unpaired) electrons. The number of anilines is 2. The molecule has 3 amide bonds. The molecule has 2 fully saturated rings. The molecule has 10 nitrogen and oxygen atoms in total. The fraction of sp³-hybridized carbons (Fsp3) is 0.447. The Labute approximate surface area is 290 Å². The Kier molecular flexibility index (Phi) is 13.2. The molecule has 3 N–H and O–H groups in total. The van der Waals surface area contributed by atoms with Crippen LogP contribution in [0.1, 0.15) is 87.6 Å². The number of carboxylic acids is 1. The number of aliphatic carboxylic acids is 1. The molecular formula is C38H50N4O6S. The molecule has 2 saturated carbocycles. The summed E-state index contributed by atoms with van der Waals surface area (Å²) in [4.78, 5) is 39.2. The summed E-state index contributed by atoms with van der Waals surface area (Å²) in [6.07, 6.45) is 10.3. The van der Waals surface area contributed by atoms with E-state index in [2.05, 4.69) is 10.6 Å². The number of benzene rings is 3. The molecule has 0 heterocycles. The van der Waals surface area contributed by atoms with Gasteiger partial charge in [-0.3, -0.25) is 13.9 Å². The number of nitrogens with one attached hydrogen (secondary N) is 2. The number of sulfonamides is 1. The van der Waals surface area contributed by atoms with Crippen LogP contribution in [0.15, 0.2) is 83.8 Å². The van der Waals surface area contributed by atoms with E-state index in [0.29, 0.717) is 29.4 Å². The smallest absolute Gasteiger partial charge is 0.322 e. The van der Waals surface area contributed by atoms with Gasteiger partial charge in [-0.1, -0.05) is 75.9 Å². The number of carbonyl (C=O) groups excluding carboxylic acids is 2. The molecule has 49 heavy (non-hydrogen) atoms. The van der Waals surface area contributed by atoms with Crippen LogP contribution in [0.5, 0.6) is 0 Å². The van der Waals surface area contributed by atoms with Crippen molar-refractivity contribution >= 4 is 39.3 Å². The average molecular weight is 691 g/mol. The molecule has 2 aliphatic rings. The van der Waals surface area contributed by atoms with Crippen molar-refractivity contribution in [3.63, 3.8) is 0 Å². The van der Waals surface area contributed by atoms with Crippen LogP contribution in [0.3, 0.4) is 0 Å². The van der Waals surface area contributed by atoms with Crippen LogP contribution in [0.25, 0.3) is 0 Å². The molecule has 0 aromatic heterocycles. The Morgan fingerprint density at radius 3 is 2.12 bits per heavy atom. The highest BCUT2D eigenvalue weighted by atomic mass is 32.2. The Morgan fingerprint density at radius 1 is 0.816 bits per heavy atom. The van der Waals surface area contributed by atoms with Gasteiger partial charge >= 0.3 is 12.0 Å². The molecule has 5 rings (SSSR count). The summed E-state index contributed by atoms with van der Waals surface area (Å²) in [6, 6.07) is 21.8. The molecule has 0 spiro atoms. The Morgan fingerprint density at radius 2 is 1.47 bits per heavy atom. The van der Waals surface area contributed by atoms with Crippen molar-refractivity contribution in [3.05, 3.63) is 90.0 Å². The first kappa shape index (κ1) is 37.4. The van der Waals surface area contributed by atoms with Gasteiger partial charge in [-0.15, -0.1) is 0 Å². The quantitative estimate of drug-likeness (QED) is 0.180. The normalized spacial score (nSPS) is 18.1. The van der Waals surface area contributed by atoms with Crippen LogP contribution in [-0.2, 0) is 21.4 Å². The van der Waals surface area contributed by atoms with Gasteiger partial charge < -0.3 is 20.6 Å². The predicted molar refractivity (Wildman–Crippen MR) is 193 cm³/mol. The number of hydrogen-bond acceptors (Lipinski definition) is 5. The molecule has 3 aromatic carbocycles. The number of carboxylic acid groups (broad SMARTS) is 1. The number of amides is 3. The molecule has 0 unspecified atom stereocenters. The van der Waals surface area contributed by atoms with E-state index in [1.54, 1.807) is 48.5 Å².